The Morgan fingerprint density at radius 3 is 2.43 bits per heavy atom. The molecule has 11 heteroatoms. The monoisotopic (exact) mass is 647 g/mol. The average molecular weight is 649 g/mol. The number of furan rings is 2. The topological polar surface area (TPSA) is 106 Å². The highest BCUT2D eigenvalue weighted by Gasteiger charge is 2.26. The quantitative estimate of drug-likeness (QED) is 0.204. The van der Waals surface area contributed by atoms with Gasteiger partial charge in [0.1, 0.15) is 22.9 Å². The van der Waals surface area contributed by atoms with E-state index in [0.29, 0.717) is 44.8 Å². The van der Waals surface area contributed by atoms with E-state index < -0.39 is 21.7 Å². The predicted molar refractivity (Wildman–Crippen MR) is 164 cm³/mol. The van der Waals surface area contributed by atoms with Crippen molar-refractivity contribution in [1.82, 2.24) is 10.3 Å². The van der Waals surface area contributed by atoms with E-state index in [2.05, 4.69) is 26.2 Å². The molecule has 1 amide bonds. The third-order valence-corrected chi connectivity index (χ3v) is 8.63. The van der Waals surface area contributed by atoms with Crippen molar-refractivity contribution in [2.24, 2.45) is 0 Å². The van der Waals surface area contributed by atoms with Crippen molar-refractivity contribution in [2.45, 2.75) is 0 Å². The second-order valence-corrected chi connectivity index (χ2v) is 12.7. The molecule has 6 aromatic rings. The zero-order valence-electron chi connectivity index (χ0n) is 22.6. The maximum absolute atomic E-state index is 13.7. The Hall–Kier alpha value is -4.48. The van der Waals surface area contributed by atoms with Gasteiger partial charge in [-0.05, 0) is 70.0 Å². The third kappa shape index (κ3) is 4.94. The van der Waals surface area contributed by atoms with Crippen molar-refractivity contribution in [3.05, 3.63) is 94.8 Å². The molecular weight excluding hydrogens is 625 g/mol. The standard InChI is InChI=1S/C31H23BrFN3O5S/c1-34-30(37)28-24-14-23(18-5-4-6-19(11-18)26-13-20-12-21(32)16-35-31(20)41-26)25(36(2)42(3,38)39)15-27(24)40-29(28)17-7-9-22(33)10-8-17/h4-16H,1-3H3,(H,34,37). The summed E-state index contributed by atoms with van der Waals surface area (Å²) in [6, 6.07) is 20.2. The lowest BCUT2D eigenvalue weighted by Crippen LogP contribution is -2.25. The Labute approximate surface area is 248 Å². The summed E-state index contributed by atoms with van der Waals surface area (Å²) in [5.74, 6) is -0.00460. The van der Waals surface area contributed by atoms with E-state index in [4.69, 9.17) is 8.83 Å². The van der Waals surface area contributed by atoms with Crippen LogP contribution in [0.2, 0.25) is 0 Å². The SMILES string of the molecule is CNC(=O)c1c(-c2ccc(F)cc2)oc2cc(N(C)S(C)(=O)=O)c(-c3cccc(-c4cc5cc(Br)cnc5o4)c3)cc12. The lowest BCUT2D eigenvalue weighted by Gasteiger charge is -2.21. The number of hydrogen-bond donors (Lipinski definition) is 1. The highest BCUT2D eigenvalue weighted by molar-refractivity contribution is 9.10. The van der Waals surface area contributed by atoms with Crippen LogP contribution in [0.1, 0.15) is 10.4 Å². The molecule has 3 aromatic carbocycles. The first-order valence-electron chi connectivity index (χ1n) is 12.7. The smallest absolute Gasteiger partial charge is 0.255 e. The van der Waals surface area contributed by atoms with E-state index in [1.165, 1.54) is 38.4 Å². The number of halogens is 2. The van der Waals surface area contributed by atoms with Crippen LogP contribution in [0.3, 0.4) is 0 Å². The number of benzene rings is 3. The highest BCUT2D eigenvalue weighted by Crippen LogP contribution is 2.42. The van der Waals surface area contributed by atoms with Crippen molar-refractivity contribution in [2.75, 3.05) is 24.7 Å². The van der Waals surface area contributed by atoms with Gasteiger partial charge in [0.2, 0.25) is 15.7 Å². The van der Waals surface area contributed by atoms with E-state index in [-0.39, 0.29) is 11.3 Å². The zero-order chi connectivity index (χ0) is 29.8. The van der Waals surface area contributed by atoms with E-state index in [0.717, 1.165) is 26.0 Å². The molecule has 0 atom stereocenters. The van der Waals surface area contributed by atoms with Crippen LogP contribution in [0.4, 0.5) is 10.1 Å². The Bertz CT molecular complexity index is 2120. The number of rotatable bonds is 6. The molecule has 0 bridgehead atoms. The molecule has 0 radical (unpaired) electrons. The summed E-state index contributed by atoms with van der Waals surface area (Å²) in [6.07, 6.45) is 2.77. The van der Waals surface area contributed by atoms with Gasteiger partial charge in [-0.1, -0.05) is 18.2 Å². The van der Waals surface area contributed by atoms with Gasteiger partial charge in [-0.3, -0.25) is 9.10 Å². The molecule has 212 valence electrons. The predicted octanol–water partition coefficient (Wildman–Crippen LogP) is 7.23. The first kappa shape index (κ1) is 27.7. The van der Waals surface area contributed by atoms with Gasteiger partial charge < -0.3 is 14.2 Å². The summed E-state index contributed by atoms with van der Waals surface area (Å²) in [4.78, 5) is 17.5. The van der Waals surface area contributed by atoms with Crippen LogP contribution in [0.15, 0.2) is 92.3 Å². The Kier molecular flexibility index (Phi) is 6.86. The van der Waals surface area contributed by atoms with Crippen molar-refractivity contribution < 1.29 is 26.4 Å². The van der Waals surface area contributed by atoms with Crippen LogP contribution in [-0.2, 0) is 10.0 Å². The van der Waals surface area contributed by atoms with Gasteiger partial charge >= 0.3 is 0 Å². The number of pyridine rings is 1. The number of fused-ring (bicyclic) bond motifs is 2. The van der Waals surface area contributed by atoms with Gasteiger partial charge in [0, 0.05) is 58.3 Å². The Morgan fingerprint density at radius 1 is 0.976 bits per heavy atom. The number of carbonyl (C=O) groups excluding carboxylic acids is 1. The van der Waals surface area contributed by atoms with Gasteiger partial charge in [-0.25, -0.2) is 17.8 Å². The molecule has 0 saturated carbocycles. The molecule has 42 heavy (non-hydrogen) atoms. The fourth-order valence-corrected chi connectivity index (χ4v) is 5.70. The Morgan fingerprint density at radius 2 is 1.71 bits per heavy atom. The molecule has 0 fully saturated rings. The summed E-state index contributed by atoms with van der Waals surface area (Å²) >= 11 is 3.43. The molecule has 0 saturated heterocycles. The van der Waals surface area contributed by atoms with E-state index >= 15 is 0 Å². The van der Waals surface area contributed by atoms with Crippen LogP contribution in [0.5, 0.6) is 0 Å². The highest BCUT2D eigenvalue weighted by atomic mass is 79.9. The summed E-state index contributed by atoms with van der Waals surface area (Å²) in [5, 5.41) is 3.94. The maximum Gasteiger partial charge on any atom is 0.255 e. The van der Waals surface area contributed by atoms with Crippen molar-refractivity contribution in [3.8, 4) is 33.8 Å². The van der Waals surface area contributed by atoms with Crippen LogP contribution in [0.25, 0.3) is 55.8 Å². The number of aromatic nitrogens is 1. The number of anilines is 1. The average Bonchev–Trinajstić information content (AvgIpc) is 3.56. The maximum atomic E-state index is 13.7. The molecule has 0 aliphatic carbocycles. The normalized spacial score (nSPS) is 11.7. The van der Waals surface area contributed by atoms with Gasteiger partial charge in [0.25, 0.3) is 5.91 Å². The number of carbonyl (C=O) groups is 1. The van der Waals surface area contributed by atoms with Gasteiger partial charge in [0.05, 0.1) is 17.5 Å². The summed E-state index contributed by atoms with van der Waals surface area (Å²) in [5.41, 5.74) is 3.86. The first-order valence-corrected chi connectivity index (χ1v) is 15.4. The largest absolute Gasteiger partial charge is 0.455 e. The van der Waals surface area contributed by atoms with Gasteiger partial charge in [-0.2, -0.15) is 0 Å². The second-order valence-electron chi connectivity index (χ2n) is 9.73. The lowest BCUT2D eigenvalue weighted by atomic mass is 9.97. The minimum atomic E-state index is -3.68. The number of nitrogens with one attached hydrogen (secondary N) is 1. The van der Waals surface area contributed by atoms with Crippen molar-refractivity contribution >= 4 is 59.6 Å². The van der Waals surface area contributed by atoms with E-state index in [1.807, 2.05) is 36.4 Å². The molecule has 3 aromatic heterocycles. The molecular formula is C31H23BrFN3O5S. The van der Waals surface area contributed by atoms with Gasteiger partial charge in [-0.15, -0.1) is 0 Å². The van der Waals surface area contributed by atoms with Crippen LogP contribution in [0, 0.1) is 5.82 Å². The zero-order valence-corrected chi connectivity index (χ0v) is 25.0. The number of sulfonamides is 1. The van der Waals surface area contributed by atoms with Crippen molar-refractivity contribution in [1.29, 1.82) is 0 Å². The fraction of sp³-hybridized carbons (Fsp3) is 0.0968. The summed E-state index contributed by atoms with van der Waals surface area (Å²) in [7, 11) is -0.720. The molecule has 0 unspecified atom stereocenters. The lowest BCUT2D eigenvalue weighted by molar-refractivity contribution is 0.0964. The minimum absolute atomic E-state index is 0.240. The molecule has 0 aliphatic heterocycles. The molecule has 6 rings (SSSR count). The number of hydrogen-bond acceptors (Lipinski definition) is 6. The summed E-state index contributed by atoms with van der Waals surface area (Å²) < 4.78 is 53.2. The Balaban J connectivity index is 1.60. The third-order valence-electron chi connectivity index (χ3n) is 7.00. The summed E-state index contributed by atoms with van der Waals surface area (Å²) in [6.45, 7) is 0. The van der Waals surface area contributed by atoms with E-state index in [1.54, 1.807) is 18.3 Å². The second kappa shape index (κ2) is 10.4. The van der Waals surface area contributed by atoms with Crippen LogP contribution in [-0.4, -0.2) is 39.7 Å². The number of nitrogens with zero attached hydrogens (tertiary/aromatic N) is 2. The number of amides is 1. The van der Waals surface area contributed by atoms with Crippen molar-refractivity contribution in [3.63, 3.8) is 0 Å². The van der Waals surface area contributed by atoms with Crippen LogP contribution < -0.4 is 9.62 Å². The molecule has 0 spiro atoms. The molecule has 1 N–H and O–H groups in total. The van der Waals surface area contributed by atoms with Crippen LogP contribution >= 0.6 is 15.9 Å². The van der Waals surface area contributed by atoms with Gasteiger partial charge in [0.15, 0.2) is 0 Å². The van der Waals surface area contributed by atoms with E-state index in [9.17, 15) is 17.6 Å². The minimum Gasteiger partial charge on any atom is -0.455 e. The fourth-order valence-electron chi connectivity index (χ4n) is 4.85. The molecule has 8 nitrogen and oxygen atoms in total. The first-order chi connectivity index (χ1) is 20.0. The molecule has 0 aliphatic rings. The molecule has 3 heterocycles.